The Morgan fingerprint density at radius 3 is 3.05 bits per heavy atom. The molecule has 2 aromatic rings. The van der Waals surface area contributed by atoms with Gasteiger partial charge >= 0.3 is 0 Å². The van der Waals surface area contributed by atoms with E-state index in [1.165, 1.54) is 0 Å². The largest absolute Gasteiger partial charge is 0.354 e. The van der Waals surface area contributed by atoms with E-state index in [4.69, 9.17) is 0 Å². The van der Waals surface area contributed by atoms with Crippen LogP contribution >= 0.6 is 0 Å². The molecule has 1 unspecified atom stereocenters. The Bertz CT molecular complexity index is 707. The molecule has 0 radical (unpaired) electrons. The van der Waals surface area contributed by atoms with E-state index in [-0.39, 0.29) is 17.9 Å². The molecule has 1 atom stereocenters. The first-order chi connectivity index (χ1) is 10.6. The number of aryl methyl sites for hydroxylation is 2. The first-order valence-corrected chi connectivity index (χ1v) is 7.62. The van der Waals surface area contributed by atoms with E-state index in [0.717, 1.165) is 23.3 Å². The fraction of sp³-hybridized carbons (Fsp3) is 0.438. The molecule has 0 saturated carbocycles. The van der Waals surface area contributed by atoms with Crippen molar-refractivity contribution in [2.24, 2.45) is 7.05 Å². The Hall–Kier alpha value is -2.37. The van der Waals surface area contributed by atoms with Crippen molar-refractivity contribution in [2.45, 2.75) is 31.7 Å². The molecule has 2 amide bonds. The predicted octanol–water partition coefficient (Wildman–Crippen LogP) is 0.901. The first kappa shape index (κ1) is 14.6. The summed E-state index contributed by atoms with van der Waals surface area (Å²) in [4.78, 5) is 28.2. The Balaban J connectivity index is 1.60. The van der Waals surface area contributed by atoms with Gasteiger partial charge in [-0.2, -0.15) is 0 Å². The third-order valence-electron chi connectivity index (χ3n) is 4.08. The second kappa shape index (κ2) is 6.17. The maximum absolute atomic E-state index is 12.0. The van der Waals surface area contributed by atoms with Gasteiger partial charge in [-0.3, -0.25) is 9.59 Å². The van der Waals surface area contributed by atoms with E-state index in [0.29, 0.717) is 25.8 Å². The highest BCUT2D eigenvalue weighted by molar-refractivity contribution is 5.88. The van der Waals surface area contributed by atoms with Gasteiger partial charge in [0.1, 0.15) is 11.9 Å². The van der Waals surface area contributed by atoms with Crippen LogP contribution in [0.5, 0.6) is 0 Å². The van der Waals surface area contributed by atoms with Gasteiger partial charge in [0.2, 0.25) is 11.8 Å². The Morgan fingerprint density at radius 1 is 1.45 bits per heavy atom. The number of aromatic nitrogens is 2. The van der Waals surface area contributed by atoms with Crippen LogP contribution in [0, 0.1) is 0 Å². The standard InChI is InChI=1S/C16H20N4O2/c1-20-13-7-3-2-5-11(13)18-14(20)8-9-15(21)19-12-6-4-10-17-16(12)22/h2-3,5,7,12H,4,6,8-10H2,1H3,(H,17,22)(H,19,21). The molecule has 1 saturated heterocycles. The van der Waals surface area contributed by atoms with Crippen molar-refractivity contribution in [1.29, 1.82) is 0 Å². The molecular formula is C16H20N4O2. The number of para-hydroxylation sites is 2. The molecule has 6 nitrogen and oxygen atoms in total. The lowest BCUT2D eigenvalue weighted by Crippen LogP contribution is -2.50. The molecular weight excluding hydrogens is 280 g/mol. The Morgan fingerprint density at radius 2 is 2.27 bits per heavy atom. The molecule has 1 aromatic carbocycles. The summed E-state index contributed by atoms with van der Waals surface area (Å²) in [7, 11) is 1.96. The summed E-state index contributed by atoms with van der Waals surface area (Å²) in [6.45, 7) is 0.699. The number of carbonyl (C=O) groups is 2. The minimum atomic E-state index is -0.387. The summed E-state index contributed by atoms with van der Waals surface area (Å²) in [5.74, 6) is 0.695. The van der Waals surface area contributed by atoms with Crippen molar-refractivity contribution in [3.05, 3.63) is 30.1 Å². The zero-order chi connectivity index (χ0) is 15.5. The molecule has 0 bridgehead atoms. The van der Waals surface area contributed by atoms with E-state index in [1.807, 2.05) is 35.9 Å². The minimum absolute atomic E-state index is 0.0812. The van der Waals surface area contributed by atoms with Gasteiger partial charge < -0.3 is 15.2 Å². The van der Waals surface area contributed by atoms with Gasteiger partial charge in [-0.1, -0.05) is 12.1 Å². The van der Waals surface area contributed by atoms with Crippen LogP contribution in [0.2, 0.25) is 0 Å². The summed E-state index contributed by atoms with van der Waals surface area (Å²) in [5.41, 5.74) is 2.00. The molecule has 1 fully saturated rings. The van der Waals surface area contributed by atoms with Gasteiger partial charge in [-0.15, -0.1) is 0 Å². The maximum Gasteiger partial charge on any atom is 0.242 e. The van der Waals surface area contributed by atoms with Crippen LogP contribution in [0.1, 0.15) is 25.1 Å². The molecule has 1 aliphatic heterocycles. The van der Waals surface area contributed by atoms with Gasteiger partial charge in [0.05, 0.1) is 11.0 Å². The summed E-state index contributed by atoms with van der Waals surface area (Å²) in [6.07, 6.45) is 2.51. The summed E-state index contributed by atoms with van der Waals surface area (Å²) < 4.78 is 2.01. The van der Waals surface area contributed by atoms with E-state index in [2.05, 4.69) is 15.6 Å². The monoisotopic (exact) mass is 300 g/mol. The van der Waals surface area contributed by atoms with Crippen LogP contribution < -0.4 is 10.6 Å². The quantitative estimate of drug-likeness (QED) is 0.881. The van der Waals surface area contributed by atoms with Crippen molar-refractivity contribution >= 4 is 22.8 Å². The molecule has 3 rings (SSSR count). The van der Waals surface area contributed by atoms with E-state index >= 15 is 0 Å². The lowest BCUT2D eigenvalue weighted by Gasteiger charge is -2.22. The molecule has 2 heterocycles. The number of amides is 2. The summed E-state index contributed by atoms with van der Waals surface area (Å²) in [6, 6.07) is 7.51. The average Bonchev–Trinajstić information content (AvgIpc) is 2.84. The molecule has 1 aromatic heterocycles. The molecule has 22 heavy (non-hydrogen) atoms. The van der Waals surface area contributed by atoms with Crippen LogP contribution in [0.25, 0.3) is 11.0 Å². The number of hydrogen-bond donors (Lipinski definition) is 2. The highest BCUT2D eigenvalue weighted by atomic mass is 16.2. The molecule has 116 valence electrons. The van der Waals surface area contributed by atoms with Crippen molar-refractivity contribution in [3.63, 3.8) is 0 Å². The van der Waals surface area contributed by atoms with Gasteiger partial charge in [-0.25, -0.2) is 4.98 Å². The predicted molar refractivity (Wildman–Crippen MR) is 83.2 cm³/mol. The topological polar surface area (TPSA) is 76.0 Å². The summed E-state index contributed by atoms with van der Waals surface area (Å²) in [5, 5.41) is 5.57. The van der Waals surface area contributed by atoms with Crippen molar-refractivity contribution < 1.29 is 9.59 Å². The Labute approximate surface area is 128 Å². The molecule has 2 N–H and O–H groups in total. The first-order valence-electron chi connectivity index (χ1n) is 7.62. The minimum Gasteiger partial charge on any atom is -0.354 e. The van der Waals surface area contributed by atoms with E-state index in [1.54, 1.807) is 0 Å². The van der Waals surface area contributed by atoms with Crippen LogP contribution in [-0.4, -0.2) is 34.0 Å². The number of carbonyl (C=O) groups excluding carboxylic acids is 2. The third kappa shape index (κ3) is 2.95. The molecule has 6 heteroatoms. The summed E-state index contributed by atoms with van der Waals surface area (Å²) >= 11 is 0. The fourth-order valence-electron chi connectivity index (χ4n) is 2.82. The number of nitrogens with one attached hydrogen (secondary N) is 2. The fourth-order valence-corrected chi connectivity index (χ4v) is 2.82. The van der Waals surface area contributed by atoms with Crippen LogP contribution in [-0.2, 0) is 23.1 Å². The van der Waals surface area contributed by atoms with Gasteiger partial charge in [-0.05, 0) is 25.0 Å². The SMILES string of the molecule is Cn1c(CCC(=O)NC2CCCNC2=O)nc2ccccc21. The van der Waals surface area contributed by atoms with Crippen LogP contribution in [0.15, 0.2) is 24.3 Å². The van der Waals surface area contributed by atoms with Gasteiger partial charge in [0.25, 0.3) is 0 Å². The second-order valence-corrected chi connectivity index (χ2v) is 5.63. The molecule has 1 aliphatic rings. The average molecular weight is 300 g/mol. The van der Waals surface area contributed by atoms with Crippen molar-refractivity contribution in [2.75, 3.05) is 6.54 Å². The smallest absolute Gasteiger partial charge is 0.242 e. The highest BCUT2D eigenvalue weighted by Crippen LogP contribution is 2.15. The lowest BCUT2D eigenvalue weighted by atomic mass is 10.1. The van der Waals surface area contributed by atoms with Gasteiger partial charge in [0, 0.05) is 26.4 Å². The van der Waals surface area contributed by atoms with E-state index < -0.39 is 0 Å². The number of hydrogen-bond acceptors (Lipinski definition) is 3. The molecule has 0 aliphatic carbocycles. The number of imidazole rings is 1. The third-order valence-corrected chi connectivity index (χ3v) is 4.08. The maximum atomic E-state index is 12.0. The number of rotatable bonds is 4. The van der Waals surface area contributed by atoms with Gasteiger partial charge in [0.15, 0.2) is 0 Å². The van der Waals surface area contributed by atoms with Crippen molar-refractivity contribution in [3.8, 4) is 0 Å². The zero-order valence-electron chi connectivity index (χ0n) is 12.6. The molecule has 0 spiro atoms. The second-order valence-electron chi connectivity index (χ2n) is 5.63. The number of nitrogens with zero attached hydrogens (tertiary/aromatic N) is 2. The number of fused-ring (bicyclic) bond motifs is 1. The highest BCUT2D eigenvalue weighted by Gasteiger charge is 2.23. The zero-order valence-corrected chi connectivity index (χ0v) is 12.6. The number of piperidine rings is 1. The van der Waals surface area contributed by atoms with Crippen LogP contribution in [0.4, 0.5) is 0 Å². The lowest BCUT2D eigenvalue weighted by molar-refractivity contribution is -0.130. The van der Waals surface area contributed by atoms with Crippen LogP contribution in [0.3, 0.4) is 0 Å². The van der Waals surface area contributed by atoms with Crippen molar-refractivity contribution in [1.82, 2.24) is 20.2 Å². The Kier molecular flexibility index (Phi) is 4.09. The number of benzene rings is 1. The normalized spacial score (nSPS) is 18.2. The van der Waals surface area contributed by atoms with E-state index in [9.17, 15) is 9.59 Å².